The Bertz CT molecular complexity index is 789. The topological polar surface area (TPSA) is 88.5 Å². The van der Waals surface area contributed by atoms with Crippen molar-refractivity contribution < 1.29 is 32.6 Å². The van der Waals surface area contributed by atoms with Crippen LogP contribution < -0.4 is 10.1 Å². The molecule has 26 heavy (non-hydrogen) atoms. The Kier molecular flexibility index (Phi) is 9.06. The number of carboxylic acids is 1. The third-order valence-corrected chi connectivity index (χ3v) is 3.64. The number of benzene rings is 1. The first-order valence-corrected chi connectivity index (χ1v) is 7.55. The monoisotopic (exact) mass is 412 g/mol. The summed E-state index contributed by atoms with van der Waals surface area (Å²) >= 11 is 0.580. The van der Waals surface area contributed by atoms with Crippen molar-refractivity contribution in [2.45, 2.75) is 11.4 Å². The second-order valence-electron chi connectivity index (χ2n) is 4.53. The van der Waals surface area contributed by atoms with Gasteiger partial charge >= 0.3 is 63.7 Å². The molecular formula is C15H12F3KN2O4S. The van der Waals surface area contributed by atoms with E-state index >= 15 is 0 Å². The Hall–Kier alpha value is -1.11. The summed E-state index contributed by atoms with van der Waals surface area (Å²) in [5, 5.41) is 11.0. The molecule has 0 fully saturated rings. The van der Waals surface area contributed by atoms with E-state index < -0.39 is 23.2 Å². The zero-order chi connectivity index (χ0) is 18.4. The maximum absolute atomic E-state index is 12.3. The van der Waals surface area contributed by atoms with Crippen LogP contribution in [0, 0.1) is 0 Å². The minimum absolute atomic E-state index is 0. The molecule has 6 nitrogen and oxygen atoms in total. The van der Waals surface area contributed by atoms with Gasteiger partial charge in [0.1, 0.15) is 5.03 Å². The van der Waals surface area contributed by atoms with Gasteiger partial charge in [0.25, 0.3) is 0 Å². The number of aromatic nitrogens is 1. The molecule has 0 bridgehead atoms. The molecule has 2 N–H and O–H groups in total. The third-order valence-electron chi connectivity index (χ3n) is 2.75. The van der Waals surface area contributed by atoms with E-state index in [-0.39, 0.29) is 74.2 Å². The number of carboxylic acid groups (broad SMARTS) is 1. The standard InChI is InChI=1S/C15H11F3N2O4S.K.H/c16-15(17,18)24-11-6-2-1-5-10(11)20-8-12(21)25-13-9(14(22)23)4-3-7-19-13;;/h1-7,20H,8H2,(H,22,23);;. The predicted molar refractivity (Wildman–Crippen MR) is 90.8 cm³/mol. The minimum atomic E-state index is -4.86. The number of aromatic carboxylic acids is 1. The van der Waals surface area contributed by atoms with Gasteiger partial charge in [0, 0.05) is 6.20 Å². The van der Waals surface area contributed by atoms with E-state index in [9.17, 15) is 22.8 Å². The number of carbonyl (C=O) groups is 2. The molecule has 0 aliphatic carbocycles. The molecule has 0 unspecified atom stereocenters. The van der Waals surface area contributed by atoms with Crippen molar-refractivity contribution in [2.75, 3.05) is 11.9 Å². The fraction of sp³-hybridized carbons (Fsp3) is 0.133. The molecule has 0 radical (unpaired) electrons. The van der Waals surface area contributed by atoms with E-state index in [2.05, 4.69) is 15.0 Å². The van der Waals surface area contributed by atoms with Crippen LogP contribution >= 0.6 is 11.8 Å². The van der Waals surface area contributed by atoms with Gasteiger partial charge in [-0.05, 0) is 36.0 Å². The third kappa shape index (κ3) is 7.25. The first-order valence-electron chi connectivity index (χ1n) is 6.74. The van der Waals surface area contributed by atoms with Crippen LogP contribution in [0.2, 0.25) is 0 Å². The van der Waals surface area contributed by atoms with Crippen LogP contribution in [0.3, 0.4) is 0 Å². The summed E-state index contributed by atoms with van der Waals surface area (Å²) in [6.07, 6.45) is -3.52. The number of halogens is 3. The molecule has 134 valence electrons. The number of nitrogens with one attached hydrogen (secondary N) is 1. The number of para-hydroxylation sites is 2. The molecule has 1 aromatic carbocycles. The number of nitrogens with zero attached hydrogens (tertiary/aromatic N) is 1. The van der Waals surface area contributed by atoms with Crippen molar-refractivity contribution in [2.24, 2.45) is 0 Å². The van der Waals surface area contributed by atoms with Gasteiger partial charge in [-0.3, -0.25) is 4.79 Å². The summed E-state index contributed by atoms with van der Waals surface area (Å²) in [5.74, 6) is -1.71. The Labute approximate surface area is 192 Å². The second-order valence-corrected chi connectivity index (χ2v) is 5.58. The quantitative estimate of drug-likeness (QED) is 0.557. The number of pyridine rings is 1. The van der Waals surface area contributed by atoms with Crippen molar-refractivity contribution >= 4 is 79.9 Å². The number of hydrogen-bond donors (Lipinski definition) is 2. The summed E-state index contributed by atoms with van der Waals surface area (Å²) in [6, 6.07) is 7.98. The van der Waals surface area contributed by atoms with E-state index in [1.807, 2.05) is 0 Å². The summed E-state index contributed by atoms with van der Waals surface area (Å²) in [7, 11) is 0. The van der Waals surface area contributed by atoms with Crippen molar-refractivity contribution in [1.82, 2.24) is 4.98 Å². The number of thioether (sulfide) groups is 1. The normalized spacial score (nSPS) is 10.6. The number of anilines is 1. The Morgan fingerprint density at radius 1 is 1.19 bits per heavy atom. The zero-order valence-electron chi connectivity index (χ0n) is 12.4. The molecule has 11 heteroatoms. The van der Waals surface area contributed by atoms with Crippen LogP contribution in [0.25, 0.3) is 0 Å². The summed E-state index contributed by atoms with van der Waals surface area (Å²) in [4.78, 5) is 26.8. The molecule has 0 atom stereocenters. The SMILES string of the molecule is O=C(CNc1ccccc1OC(F)(F)F)Sc1ncccc1C(=O)O.[KH]. The molecule has 1 aromatic heterocycles. The van der Waals surface area contributed by atoms with E-state index in [0.29, 0.717) is 11.8 Å². The number of carbonyl (C=O) groups excluding carboxylic acids is 1. The average Bonchev–Trinajstić information content (AvgIpc) is 2.53. The average molecular weight is 412 g/mol. The molecule has 2 aromatic rings. The van der Waals surface area contributed by atoms with Crippen molar-refractivity contribution in [3.05, 3.63) is 48.2 Å². The maximum atomic E-state index is 12.3. The van der Waals surface area contributed by atoms with Crippen molar-refractivity contribution in [1.29, 1.82) is 0 Å². The number of alkyl halides is 3. The van der Waals surface area contributed by atoms with Crippen LogP contribution in [0.15, 0.2) is 47.6 Å². The van der Waals surface area contributed by atoms with Gasteiger partial charge in [0.2, 0.25) is 5.12 Å². The summed E-state index contributed by atoms with van der Waals surface area (Å²) < 4.78 is 40.9. The zero-order valence-corrected chi connectivity index (χ0v) is 13.2. The van der Waals surface area contributed by atoms with Gasteiger partial charge in [-0.1, -0.05) is 12.1 Å². The summed E-state index contributed by atoms with van der Waals surface area (Å²) in [6.45, 7) is -0.349. The van der Waals surface area contributed by atoms with Crippen molar-refractivity contribution in [3.8, 4) is 5.75 Å². The molecule has 0 saturated heterocycles. The van der Waals surface area contributed by atoms with Crippen LogP contribution in [-0.2, 0) is 4.79 Å². The molecular weight excluding hydrogens is 400 g/mol. The van der Waals surface area contributed by atoms with Gasteiger partial charge in [0.15, 0.2) is 5.75 Å². The number of rotatable bonds is 6. The van der Waals surface area contributed by atoms with E-state index in [4.69, 9.17) is 5.11 Å². The molecule has 1 heterocycles. The molecule has 0 amide bonds. The molecule has 0 aliphatic rings. The van der Waals surface area contributed by atoms with E-state index in [1.54, 1.807) is 0 Å². The van der Waals surface area contributed by atoms with Gasteiger partial charge in [0.05, 0.1) is 17.8 Å². The fourth-order valence-electron chi connectivity index (χ4n) is 1.77. The molecule has 0 saturated carbocycles. The fourth-order valence-corrected chi connectivity index (χ4v) is 2.51. The summed E-state index contributed by atoms with van der Waals surface area (Å²) in [5.41, 5.74) is -0.157. The Morgan fingerprint density at radius 3 is 2.54 bits per heavy atom. The first kappa shape index (κ1) is 22.9. The van der Waals surface area contributed by atoms with Crippen LogP contribution in [0.4, 0.5) is 18.9 Å². The molecule has 0 aliphatic heterocycles. The van der Waals surface area contributed by atoms with E-state index in [1.165, 1.54) is 36.5 Å². The van der Waals surface area contributed by atoms with E-state index in [0.717, 1.165) is 6.07 Å². The van der Waals surface area contributed by atoms with Crippen molar-refractivity contribution in [3.63, 3.8) is 0 Å². The van der Waals surface area contributed by atoms with Crippen LogP contribution in [0.5, 0.6) is 5.75 Å². The molecule has 2 rings (SSSR count). The number of hydrogen-bond acceptors (Lipinski definition) is 6. The van der Waals surface area contributed by atoms with Gasteiger partial charge in [-0.2, -0.15) is 0 Å². The number of ether oxygens (including phenoxy) is 1. The van der Waals surface area contributed by atoms with Gasteiger partial charge in [-0.15, -0.1) is 13.2 Å². The van der Waals surface area contributed by atoms with Gasteiger partial charge in [-0.25, -0.2) is 9.78 Å². The van der Waals surface area contributed by atoms with Crippen LogP contribution in [-0.4, -0.2) is 85.5 Å². The molecule has 0 spiro atoms. The predicted octanol–water partition coefficient (Wildman–Crippen LogP) is 2.76. The Morgan fingerprint density at radius 2 is 1.88 bits per heavy atom. The van der Waals surface area contributed by atoms with Crippen LogP contribution in [0.1, 0.15) is 10.4 Å². The second kappa shape index (κ2) is 10.3. The first-order chi connectivity index (χ1) is 11.8. The van der Waals surface area contributed by atoms with Gasteiger partial charge < -0.3 is 15.2 Å². The Balaban J connectivity index is 0.00000338.